The first-order valence-electron chi connectivity index (χ1n) is 7.91. The molecule has 1 aliphatic carbocycles. The van der Waals surface area contributed by atoms with Crippen LogP contribution in [0.4, 0.5) is 13.2 Å². The van der Waals surface area contributed by atoms with Gasteiger partial charge in [0.05, 0.1) is 5.56 Å². The molecule has 128 valence electrons. The van der Waals surface area contributed by atoms with Crippen LogP contribution in [0.25, 0.3) is 6.08 Å². The standard InChI is InChI=1S/C18H19F3N2O/c1-12-4-2-3-5-16(12)23-17(24)14(11-22)10-13-6-8-15(9-7-13)18(19,20)21/h6-10,12,16H,2-5H2,1H3,(H,23,24)/b14-10+/t12-,16-/m1/s1. The van der Waals surface area contributed by atoms with Crippen molar-refractivity contribution in [3.05, 3.63) is 41.0 Å². The first kappa shape index (κ1) is 18.1. The molecule has 1 aromatic rings. The monoisotopic (exact) mass is 336 g/mol. The minimum absolute atomic E-state index is 0.0376. The maximum Gasteiger partial charge on any atom is 0.416 e. The van der Waals surface area contributed by atoms with Crippen LogP contribution < -0.4 is 5.32 Å². The zero-order valence-corrected chi connectivity index (χ0v) is 13.4. The zero-order valence-electron chi connectivity index (χ0n) is 13.4. The van der Waals surface area contributed by atoms with Gasteiger partial charge in [0, 0.05) is 6.04 Å². The Morgan fingerprint density at radius 1 is 1.25 bits per heavy atom. The number of nitrogens with zero attached hydrogens (tertiary/aromatic N) is 1. The fraction of sp³-hybridized carbons (Fsp3) is 0.444. The van der Waals surface area contributed by atoms with Gasteiger partial charge >= 0.3 is 6.18 Å². The van der Waals surface area contributed by atoms with Gasteiger partial charge in [-0.1, -0.05) is 31.9 Å². The molecule has 0 saturated heterocycles. The molecular weight excluding hydrogens is 317 g/mol. The van der Waals surface area contributed by atoms with E-state index in [-0.39, 0.29) is 11.6 Å². The van der Waals surface area contributed by atoms with Crippen molar-refractivity contribution in [1.82, 2.24) is 5.32 Å². The predicted octanol–water partition coefficient (Wildman–Crippen LogP) is 4.31. The van der Waals surface area contributed by atoms with Crippen LogP contribution in [0.3, 0.4) is 0 Å². The second kappa shape index (κ2) is 7.52. The number of carbonyl (C=O) groups is 1. The molecule has 1 saturated carbocycles. The minimum atomic E-state index is -4.41. The quantitative estimate of drug-likeness (QED) is 0.661. The Labute approximate surface area is 139 Å². The fourth-order valence-corrected chi connectivity index (χ4v) is 2.86. The van der Waals surface area contributed by atoms with Gasteiger partial charge < -0.3 is 5.32 Å². The molecule has 0 heterocycles. The van der Waals surface area contributed by atoms with Crippen LogP contribution >= 0.6 is 0 Å². The average molecular weight is 336 g/mol. The molecule has 0 spiro atoms. The van der Waals surface area contributed by atoms with Gasteiger partial charge in [-0.15, -0.1) is 0 Å². The summed E-state index contributed by atoms with van der Waals surface area (Å²) in [6.45, 7) is 2.07. The number of hydrogen-bond acceptors (Lipinski definition) is 2. The molecule has 1 aromatic carbocycles. The van der Waals surface area contributed by atoms with Crippen LogP contribution in [0.15, 0.2) is 29.8 Å². The van der Waals surface area contributed by atoms with Crippen molar-refractivity contribution < 1.29 is 18.0 Å². The number of hydrogen-bond donors (Lipinski definition) is 1. The van der Waals surface area contributed by atoms with Crippen molar-refractivity contribution in [2.75, 3.05) is 0 Å². The second-order valence-corrected chi connectivity index (χ2v) is 6.13. The summed E-state index contributed by atoms with van der Waals surface area (Å²) in [6.07, 6.45) is 0.999. The largest absolute Gasteiger partial charge is 0.416 e. The number of nitriles is 1. The Morgan fingerprint density at radius 3 is 2.42 bits per heavy atom. The Morgan fingerprint density at radius 2 is 1.88 bits per heavy atom. The molecule has 6 heteroatoms. The first-order chi connectivity index (χ1) is 11.3. The van der Waals surface area contributed by atoms with E-state index in [2.05, 4.69) is 12.2 Å². The highest BCUT2D eigenvalue weighted by Gasteiger charge is 2.30. The van der Waals surface area contributed by atoms with Gasteiger partial charge in [0.2, 0.25) is 0 Å². The molecule has 1 fully saturated rings. The molecule has 0 bridgehead atoms. The number of carbonyl (C=O) groups excluding carboxylic acids is 1. The van der Waals surface area contributed by atoms with Crippen LogP contribution in [0.2, 0.25) is 0 Å². The summed E-state index contributed by atoms with van der Waals surface area (Å²) in [5, 5.41) is 12.0. The third-order valence-electron chi connectivity index (χ3n) is 4.34. The number of benzene rings is 1. The number of nitrogens with one attached hydrogen (secondary N) is 1. The van der Waals surface area contributed by atoms with E-state index < -0.39 is 17.6 Å². The molecule has 0 unspecified atom stereocenters. The molecule has 3 nitrogen and oxygen atoms in total. The molecular formula is C18H19F3N2O. The second-order valence-electron chi connectivity index (χ2n) is 6.13. The topological polar surface area (TPSA) is 52.9 Å². The third kappa shape index (κ3) is 4.60. The summed E-state index contributed by atoms with van der Waals surface area (Å²) in [6, 6.07) is 6.22. The Balaban J connectivity index is 2.11. The van der Waals surface area contributed by atoms with Crippen LogP contribution in [-0.2, 0) is 11.0 Å². The SMILES string of the molecule is C[C@@H]1CCCC[C@H]1NC(=O)/C(C#N)=C/c1ccc(C(F)(F)F)cc1. The predicted molar refractivity (Wildman–Crippen MR) is 84.6 cm³/mol. The Kier molecular flexibility index (Phi) is 5.66. The maximum atomic E-state index is 12.5. The summed E-state index contributed by atoms with van der Waals surface area (Å²) in [5.74, 6) is -0.121. The van der Waals surface area contributed by atoms with E-state index in [9.17, 15) is 23.2 Å². The lowest BCUT2D eigenvalue weighted by atomic mass is 9.86. The highest BCUT2D eigenvalue weighted by atomic mass is 19.4. The normalized spacial score (nSPS) is 21.9. The molecule has 2 rings (SSSR count). The highest BCUT2D eigenvalue weighted by Crippen LogP contribution is 2.29. The lowest BCUT2D eigenvalue weighted by Crippen LogP contribution is -2.41. The van der Waals surface area contributed by atoms with Gasteiger partial charge in [0.15, 0.2) is 0 Å². The van der Waals surface area contributed by atoms with Gasteiger partial charge in [-0.2, -0.15) is 18.4 Å². The molecule has 1 aliphatic rings. The van der Waals surface area contributed by atoms with Crippen LogP contribution in [0.1, 0.15) is 43.7 Å². The summed E-state index contributed by atoms with van der Waals surface area (Å²) < 4.78 is 37.6. The van der Waals surface area contributed by atoms with Gasteiger partial charge in [-0.25, -0.2) is 0 Å². The van der Waals surface area contributed by atoms with E-state index in [4.69, 9.17) is 0 Å². The lowest BCUT2D eigenvalue weighted by Gasteiger charge is -2.29. The van der Waals surface area contributed by atoms with Gasteiger partial charge in [0.25, 0.3) is 5.91 Å². The molecule has 0 aromatic heterocycles. The molecule has 0 aliphatic heterocycles. The summed E-state index contributed by atoms with van der Waals surface area (Å²) in [7, 11) is 0. The lowest BCUT2D eigenvalue weighted by molar-refractivity contribution is -0.137. The number of rotatable bonds is 3. The average Bonchev–Trinajstić information content (AvgIpc) is 2.54. The van der Waals surface area contributed by atoms with E-state index >= 15 is 0 Å². The summed E-state index contributed by atoms with van der Waals surface area (Å²) >= 11 is 0. The van der Waals surface area contributed by atoms with E-state index in [1.807, 2.05) is 6.07 Å². The van der Waals surface area contributed by atoms with Crippen molar-refractivity contribution in [1.29, 1.82) is 5.26 Å². The van der Waals surface area contributed by atoms with E-state index in [0.29, 0.717) is 11.5 Å². The molecule has 2 atom stereocenters. The molecule has 1 N–H and O–H groups in total. The summed E-state index contributed by atoms with van der Waals surface area (Å²) in [5.41, 5.74) is -0.488. The van der Waals surface area contributed by atoms with Gasteiger partial charge in [-0.05, 0) is 42.5 Å². The molecule has 1 amide bonds. The number of amides is 1. The van der Waals surface area contributed by atoms with Crippen molar-refractivity contribution >= 4 is 12.0 Å². The Bertz CT molecular complexity index is 656. The minimum Gasteiger partial charge on any atom is -0.348 e. The van der Waals surface area contributed by atoms with E-state index in [1.54, 1.807) is 0 Å². The van der Waals surface area contributed by atoms with Crippen LogP contribution in [0, 0.1) is 17.2 Å². The van der Waals surface area contributed by atoms with Crippen molar-refractivity contribution in [2.24, 2.45) is 5.92 Å². The molecule has 0 radical (unpaired) electrons. The summed E-state index contributed by atoms with van der Waals surface area (Å²) in [4.78, 5) is 12.2. The molecule has 24 heavy (non-hydrogen) atoms. The third-order valence-corrected chi connectivity index (χ3v) is 4.34. The van der Waals surface area contributed by atoms with E-state index in [0.717, 1.165) is 37.8 Å². The zero-order chi connectivity index (χ0) is 17.7. The van der Waals surface area contributed by atoms with Gasteiger partial charge in [-0.3, -0.25) is 4.79 Å². The smallest absolute Gasteiger partial charge is 0.348 e. The highest BCUT2D eigenvalue weighted by molar-refractivity contribution is 6.01. The Hall–Kier alpha value is -2.29. The fourth-order valence-electron chi connectivity index (χ4n) is 2.86. The van der Waals surface area contributed by atoms with E-state index in [1.165, 1.54) is 18.2 Å². The van der Waals surface area contributed by atoms with Gasteiger partial charge in [0.1, 0.15) is 11.6 Å². The van der Waals surface area contributed by atoms with Crippen molar-refractivity contribution in [3.63, 3.8) is 0 Å². The first-order valence-corrected chi connectivity index (χ1v) is 7.91. The number of halogens is 3. The van der Waals surface area contributed by atoms with Crippen LogP contribution in [0.5, 0.6) is 0 Å². The van der Waals surface area contributed by atoms with Crippen molar-refractivity contribution in [2.45, 2.75) is 44.8 Å². The number of alkyl halides is 3. The van der Waals surface area contributed by atoms with Crippen molar-refractivity contribution in [3.8, 4) is 6.07 Å². The van der Waals surface area contributed by atoms with Crippen LogP contribution in [-0.4, -0.2) is 11.9 Å². The maximum absolute atomic E-state index is 12.5.